The fourth-order valence-electron chi connectivity index (χ4n) is 3.04. The van der Waals surface area contributed by atoms with Crippen LogP contribution in [0, 0.1) is 11.7 Å². The van der Waals surface area contributed by atoms with Crippen LogP contribution in [0.1, 0.15) is 27.9 Å². The fourth-order valence-corrected chi connectivity index (χ4v) is 3.04. The van der Waals surface area contributed by atoms with Crippen LogP contribution in [0.5, 0.6) is 0 Å². The summed E-state index contributed by atoms with van der Waals surface area (Å²) in [6.07, 6.45) is 2.54. The zero-order valence-corrected chi connectivity index (χ0v) is 12.5. The minimum Gasteiger partial charge on any atom is -0.316 e. The molecule has 0 radical (unpaired) electrons. The minimum absolute atomic E-state index is 0.00809. The number of hydrogen-bond acceptors (Lipinski definition) is 2. The molecule has 0 spiro atoms. The largest absolute Gasteiger partial charge is 0.316 e. The summed E-state index contributed by atoms with van der Waals surface area (Å²) in [6, 6.07) is 14.8. The van der Waals surface area contributed by atoms with Crippen LogP contribution in [-0.2, 0) is 12.8 Å². The molecule has 1 N–H and O–H groups in total. The summed E-state index contributed by atoms with van der Waals surface area (Å²) < 4.78 is 13.2. The third kappa shape index (κ3) is 3.42. The van der Waals surface area contributed by atoms with Gasteiger partial charge in [-0.3, -0.25) is 4.79 Å². The molecule has 1 aliphatic carbocycles. The zero-order chi connectivity index (χ0) is 15.4. The summed E-state index contributed by atoms with van der Waals surface area (Å²) >= 11 is 0. The van der Waals surface area contributed by atoms with Gasteiger partial charge in [0.05, 0.1) is 0 Å². The van der Waals surface area contributed by atoms with Crippen LogP contribution in [0.15, 0.2) is 48.5 Å². The molecule has 2 aromatic carbocycles. The van der Waals surface area contributed by atoms with E-state index in [4.69, 9.17) is 0 Å². The lowest BCUT2D eigenvalue weighted by Crippen LogP contribution is -2.33. The maximum Gasteiger partial charge on any atom is 0.167 e. The highest BCUT2D eigenvalue weighted by Gasteiger charge is 2.27. The van der Waals surface area contributed by atoms with Crippen molar-refractivity contribution in [3.63, 3.8) is 0 Å². The van der Waals surface area contributed by atoms with Gasteiger partial charge in [-0.25, -0.2) is 4.39 Å². The standard InChI is InChI=1S/C19H20FNO/c20-17-8-9-18-15(12-17)6-7-16(19(18)22)13-21-11-10-14-4-2-1-3-5-14/h1-5,8-9,12,16,21H,6-7,10-11,13H2. The quantitative estimate of drug-likeness (QED) is 0.857. The van der Waals surface area contributed by atoms with Crippen molar-refractivity contribution < 1.29 is 9.18 Å². The van der Waals surface area contributed by atoms with Crippen molar-refractivity contribution in [1.29, 1.82) is 0 Å². The molecule has 0 fully saturated rings. The molecule has 0 saturated heterocycles. The van der Waals surface area contributed by atoms with Crippen molar-refractivity contribution in [3.05, 3.63) is 71.0 Å². The van der Waals surface area contributed by atoms with Gasteiger partial charge in [0.15, 0.2) is 5.78 Å². The van der Waals surface area contributed by atoms with Crippen molar-refractivity contribution in [2.75, 3.05) is 13.1 Å². The van der Waals surface area contributed by atoms with Crippen molar-refractivity contribution in [1.82, 2.24) is 5.32 Å². The Bertz CT molecular complexity index is 654. The monoisotopic (exact) mass is 297 g/mol. The first kappa shape index (κ1) is 14.9. The predicted octanol–water partition coefficient (Wildman–Crippen LogP) is 3.40. The predicted molar refractivity (Wildman–Crippen MR) is 85.6 cm³/mol. The highest BCUT2D eigenvalue weighted by Crippen LogP contribution is 2.25. The van der Waals surface area contributed by atoms with Gasteiger partial charge in [0.25, 0.3) is 0 Å². The first-order chi connectivity index (χ1) is 10.7. The lowest BCUT2D eigenvalue weighted by molar-refractivity contribution is 0.0901. The number of hydrogen-bond donors (Lipinski definition) is 1. The maximum atomic E-state index is 13.2. The Morgan fingerprint density at radius 2 is 1.95 bits per heavy atom. The van der Waals surface area contributed by atoms with Gasteiger partial charge in [0.2, 0.25) is 0 Å². The molecule has 0 heterocycles. The average Bonchev–Trinajstić information content (AvgIpc) is 2.54. The molecule has 2 nitrogen and oxygen atoms in total. The van der Waals surface area contributed by atoms with E-state index in [0.717, 1.165) is 31.4 Å². The number of benzene rings is 2. The fraction of sp³-hybridized carbons (Fsp3) is 0.316. The van der Waals surface area contributed by atoms with Crippen LogP contribution in [0.4, 0.5) is 4.39 Å². The summed E-state index contributed by atoms with van der Waals surface area (Å²) in [4.78, 5) is 12.4. The number of halogens is 1. The highest BCUT2D eigenvalue weighted by molar-refractivity contribution is 6.00. The first-order valence-corrected chi connectivity index (χ1v) is 7.81. The molecule has 2 aromatic rings. The van der Waals surface area contributed by atoms with E-state index >= 15 is 0 Å². The summed E-state index contributed by atoms with van der Waals surface area (Å²) in [5.41, 5.74) is 2.85. The van der Waals surface area contributed by atoms with Gasteiger partial charge < -0.3 is 5.32 Å². The minimum atomic E-state index is -0.258. The van der Waals surface area contributed by atoms with E-state index in [-0.39, 0.29) is 17.5 Å². The van der Waals surface area contributed by atoms with E-state index in [1.807, 2.05) is 18.2 Å². The van der Waals surface area contributed by atoms with Gasteiger partial charge in [-0.05, 0) is 55.1 Å². The van der Waals surface area contributed by atoms with Crippen molar-refractivity contribution in [2.24, 2.45) is 5.92 Å². The molecule has 22 heavy (non-hydrogen) atoms. The second-order valence-electron chi connectivity index (χ2n) is 5.84. The molecule has 1 aliphatic rings. The van der Waals surface area contributed by atoms with Gasteiger partial charge in [0, 0.05) is 18.0 Å². The number of fused-ring (bicyclic) bond motifs is 1. The molecular formula is C19H20FNO. The van der Waals surface area contributed by atoms with Crippen LogP contribution < -0.4 is 5.32 Å². The number of carbonyl (C=O) groups is 1. The topological polar surface area (TPSA) is 29.1 Å². The summed E-state index contributed by atoms with van der Waals surface area (Å²) in [6.45, 7) is 1.56. The molecule has 0 amide bonds. The smallest absolute Gasteiger partial charge is 0.167 e. The molecule has 0 aliphatic heterocycles. The lowest BCUT2D eigenvalue weighted by Gasteiger charge is -2.23. The summed E-state index contributed by atoms with van der Waals surface area (Å²) in [7, 11) is 0. The highest BCUT2D eigenvalue weighted by atomic mass is 19.1. The average molecular weight is 297 g/mol. The molecule has 1 atom stereocenters. The van der Waals surface area contributed by atoms with Gasteiger partial charge in [-0.1, -0.05) is 30.3 Å². The second-order valence-corrected chi connectivity index (χ2v) is 5.84. The number of Topliss-reactive ketones (excluding diaryl/α,β-unsaturated/α-hetero) is 1. The molecule has 114 valence electrons. The Morgan fingerprint density at radius 1 is 1.14 bits per heavy atom. The summed E-state index contributed by atoms with van der Waals surface area (Å²) in [5, 5.41) is 3.38. The lowest BCUT2D eigenvalue weighted by atomic mass is 9.82. The van der Waals surface area contributed by atoms with E-state index < -0.39 is 0 Å². The third-order valence-electron chi connectivity index (χ3n) is 4.29. The number of carbonyl (C=O) groups excluding carboxylic acids is 1. The number of rotatable bonds is 5. The van der Waals surface area contributed by atoms with E-state index in [0.29, 0.717) is 12.1 Å². The number of ketones is 1. The maximum absolute atomic E-state index is 13.2. The van der Waals surface area contributed by atoms with E-state index in [1.54, 1.807) is 6.07 Å². The van der Waals surface area contributed by atoms with Crippen molar-refractivity contribution in [2.45, 2.75) is 19.3 Å². The van der Waals surface area contributed by atoms with E-state index in [1.165, 1.54) is 17.7 Å². The molecule has 3 heteroatoms. The SMILES string of the molecule is O=C1c2ccc(F)cc2CCC1CNCCc1ccccc1. The molecule has 1 unspecified atom stereocenters. The Hall–Kier alpha value is -2.00. The van der Waals surface area contributed by atoms with Gasteiger partial charge in [-0.2, -0.15) is 0 Å². The third-order valence-corrected chi connectivity index (χ3v) is 4.29. The molecule has 0 aromatic heterocycles. The zero-order valence-electron chi connectivity index (χ0n) is 12.5. The van der Waals surface area contributed by atoms with Crippen LogP contribution in [0.2, 0.25) is 0 Å². The molecular weight excluding hydrogens is 277 g/mol. The normalized spacial score (nSPS) is 17.3. The Morgan fingerprint density at radius 3 is 2.77 bits per heavy atom. The Kier molecular flexibility index (Phi) is 4.64. The van der Waals surface area contributed by atoms with Crippen LogP contribution in [0.3, 0.4) is 0 Å². The van der Waals surface area contributed by atoms with Gasteiger partial charge >= 0.3 is 0 Å². The van der Waals surface area contributed by atoms with Crippen LogP contribution >= 0.6 is 0 Å². The number of aryl methyl sites for hydroxylation is 1. The first-order valence-electron chi connectivity index (χ1n) is 7.81. The van der Waals surface area contributed by atoms with Gasteiger partial charge in [0.1, 0.15) is 5.82 Å². The number of nitrogens with one attached hydrogen (secondary N) is 1. The Balaban J connectivity index is 1.52. The van der Waals surface area contributed by atoms with Gasteiger partial charge in [-0.15, -0.1) is 0 Å². The Labute approximate surface area is 130 Å². The van der Waals surface area contributed by atoms with Crippen molar-refractivity contribution in [3.8, 4) is 0 Å². The van der Waals surface area contributed by atoms with Crippen molar-refractivity contribution >= 4 is 5.78 Å². The van der Waals surface area contributed by atoms with Crippen LogP contribution in [-0.4, -0.2) is 18.9 Å². The van der Waals surface area contributed by atoms with E-state index in [9.17, 15) is 9.18 Å². The second kappa shape index (κ2) is 6.84. The van der Waals surface area contributed by atoms with Crippen LogP contribution in [0.25, 0.3) is 0 Å². The molecule has 3 rings (SSSR count). The molecule has 0 saturated carbocycles. The summed E-state index contributed by atoms with van der Waals surface area (Å²) in [5.74, 6) is -0.104. The molecule has 0 bridgehead atoms. The van der Waals surface area contributed by atoms with E-state index in [2.05, 4.69) is 17.4 Å².